The van der Waals surface area contributed by atoms with Crippen LogP contribution in [0.3, 0.4) is 0 Å². The number of thiazole rings is 1. The summed E-state index contributed by atoms with van der Waals surface area (Å²) in [6, 6.07) is 10.5. The molecule has 1 saturated heterocycles. The van der Waals surface area contributed by atoms with Crippen molar-refractivity contribution in [3.63, 3.8) is 0 Å². The summed E-state index contributed by atoms with van der Waals surface area (Å²) in [6.07, 6.45) is 2.16. The molecule has 4 rings (SSSR count). The highest BCUT2D eigenvalue weighted by Gasteiger charge is 2.32. The number of anilines is 1. The van der Waals surface area contributed by atoms with Gasteiger partial charge in [-0.05, 0) is 12.8 Å². The van der Waals surface area contributed by atoms with Crippen LogP contribution in [0, 0.1) is 0 Å². The maximum Gasteiger partial charge on any atom is 0.229 e. The molecule has 0 saturated carbocycles. The quantitative estimate of drug-likeness (QED) is 0.691. The van der Waals surface area contributed by atoms with E-state index < -0.39 is 0 Å². The van der Waals surface area contributed by atoms with Crippen LogP contribution in [0.25, 0.3) is 11.3 Å². The number of hydrogen-bond donors (Lipinski definition) is 0. The molecule has 1 aromatic carbocycles. The molecule has 0 radical (unpaired) electrons. The molecule has 124 valence electrons. The molecule has 0 spiro atoms. The molecular weight excluding hydrogens is 320 g/mol. The molecule has 1 atom stereocenters. The Morgan fingerprint density at radius 3 is 2.79 bits per heavy atom. The molecule has 1 aliphatic rings. The largest absolute Gasteiger partial charge is 0.339 e. The lowest BCUT2D eigenvalue weighted by Gasteiger charge is -2.21. The van der Waals surface area contributed by atoms with E-state index in [4.69, 9.17) is 9.51 Å². The van der Waals surface area contributed by atoms with Gasteiger partial charge < -0.3 is 9.42 Å². The van der Waals surface area contributed by atoms with Gasteiger partial charge >= 0.3 is 0 Å². The van der Waals surface area contributed by atoms with Gasteiger partial charge in [0.1, 0.15) is 0 Å². The molecule has 2 aromatic heterocycles. The van der Waals surface area contributed by atoms with E-state index in [0.29, 0.717) is 5.89 Å². The fourth-order valence-corrected chi connectivity index (χ4v) is 3.93. The third-order valence-electron chi connectivity index (χ3n) is 4.31. The molecular formula is C18H20N4OS. The highest BCUT2D eigenvalue weighted by molar-refractivity contribution is 7.14. The SMILES string of the molecule is CC(C)c1nc(C2CCCN2c2nc(-c3ccccc3)cs2)no1. The Morgan fingerprint density at radius 2 is 2.04 bits per heavy atom. The van der Waals surface area contributed by atoms with Crippen molar-refractivity contribution in [2.75, 3.05) is 11.4 Å². The molecule has 3 heterocycles. The third-order valence-corrected chi connectivity index (χ3v) is 5.19. The summed E-state index contributed by atoms with van der Waals surface area (Å²) in [5.41, 5.74) is 2.18. The second-order valence-electron chi connectivity index (χ2n) is 6.38. The summed E-state index contributed by atoms with van der Waals surface area (Å²) in [6.45, 7) is 5.12. The van der Waals surface area contributed by atoms with Gasteiger partial charge in [-0.2, -0.15) is 4.98 Å². The van der Waals surface area contributed by atoms with Crippen molar-refractivity contribution in [1.82, 2.24) is 15.1 Å². The average molecular weight is 340 g/mol. The lowest BCUT2D eigenvalue weighted by molar-refractivity contribution is 0.358. The van der Waals surface area contributed by atoms with E-state index in [1.165, 1.54) is 0 Å². The Hall–Kier alpha value is -2.21. The van der Waals surface area contributed by atoms with Gasteiger partial charge in [-0.25, -0.2) is 4.98 Å². The summed E-state index contributed by atoms with van der Waals surface area (Å²) in [5.74, 6) is 1.75. The zero-order chi connectivity index (χ0) is 16.5. The van der Waals surface area contributed by atoms with Gasteiger partial charge in [0, 0.05) is 23.4 Å². The standard InChI is InChI=1S/C18H20N4OS/c1-12(2)17-20-16(21-23-17)15-9-6-10-22(15)18-19-14(11-24-18)13-7-4-3-5-8-13/h3-5,7-8,11-12,15H,6,9-10H2,1-2H3. The normalized spacial score (nSPS) is 17.8. The zero-order valence-corrected chi connectivity index (χ0v) is 14.7. The second kappa shape index (κ2) is 6.36. The van der Waals surface area contributed by atoms with Crippen molar-refractivity contribution in [3.8, 4) is 11.3 Å². The molecule has 6 heteroatoms. The van der Waals surface area contributed by atoms with E-state index in [2.05, 4.69) is 46.4 Å². The Balaban J connectivity index is 1.60. The predicted molar refractivity (Wildman–Crippen MR) is 95.3 cm³/mol. The Bertz CT molecular complexity index is 811. The lowest BCUT2D eigenvalue weighted by atomic mass is 10.2. The van der Waals surface area contributed by atoms with Gasteiger partial charge in [0.05, 0.1) is 11.7 Å². The van der Waals surface area contributed by atoms with Crippen LogP contribution in [0.15, 0.2) is 40.2 Å². The fourth-order valence-electron chi connectivity index (χ4n) is 3.02. The topological polar surface area (TPSA) is 55.1 Å². The van der Waals surface area contributed by atoms with Crippen LogP contribution in [0.1, 0.15) is 50.4 Å². The molecule has 0 bridgehead atoms. The minimum Gasteiger partial charge on any atom is -0.339 e. The Morgan fingerprint density at radius 1 is 1.21 bits per heavy atom. The van der Waals surface area contributed by atoms with E-state index in [1.807, 2.05) is 18.2 Å². The number of nitrogens with zero attached hydrogens (tertiary/aromatic N) is 4. The minimum absolute atomic E-state index is 0.163. The average Bonchev–Trinajstić information content (AvgIpc) is 3.33. The summed E-state index contributed by atoms with van der Waals surface area (Å²) < 4.78 is 5.39. The van der Waals surface area contributed by atoms with Crippen molar-refractivity contribution in [2.24, 2.45) is 0 Å². The summed E-state index contributed by atoms with van der Waals surface area (Å²) in [7, 11) is 0. The van der Waals surface area contributed by atoms with Crippen LogP contribution in [-0.2, 0) is 0 Å². The van der Waals surface area contributed by atoms with Gasteiger partial charge in [0.25, 0.3) is 0 Å². The van der Waals surface area contributed by atoms with E-state index >= 15 is 0 Å². The molecule has 3 aromatic rings. The molecule has 0 amide bonds. The van der Waals surface area contributed by atoms with E-state index in [0.717, 1.165) is 41.6 Å². The highest BCUT2D eigenvalue weighted by Crippen LogP contribution is 2.38. The molecule has 1 unspecified atom stereocenters. The smallest absolute Gasteiger partial charge is 0.229 e. The monoisotopic (exact) mass is 340 g/mol. The van der Waals surface area contributed by atoms with E-state index in [-0.39, 0.29) is 12.0 Å². The predicted octanol–water partition coefficient (Wildman–Crippen LogP) is 4.66. The first-order chi connectivity index (χ1) is 11.7. The van der Waals surface area contributed by atoms with Crippen LogP contribution in [0.4, 0.5) is 5.13 Å². The number of benzene rings is 1. The van der Waals surface area contributed by atoms with Gasteiger partial charge in [0.15, 0.2) is 11.0 Å². The van der Waals surface area contributed by atoms with Gasteiger partial charge in [0.2, 0.25) is 5.89 Å². The van der Waals surface area contributed by atoms with Crippen LogP contribution < -0.4 is 4.90 Å². The Kier molecular flexibility index (Phi) is 4.06. The highest BCUT2D eigenvalue weighted by atomic mass is 32.1. The molecule has 0 N–H and O–H groups in total. The maximum absolute atomic E-state index is 5.39. The molecule has 5 nitrogen and oxygen atoms in total. The van der Waals surface area contributed by atoms with Gasteiger partial charge in [-0.1, -0.05) is 49.3 Å². The number of rotatable bonds is 4. The van der Waals surface area contributed by atoms with E-state index in [9.17, 15) is 0 Å². The fraction of sp³-hybridized carbons (Fsp3) is 0.389. The molecule has 1 aliphatic heterocycles. The van der Waals surface area contributed by atoms with Crippen molar-refractivity contribution in [1.29, 1.82) is 0 Å². The Labute approximate surface area is 145 Å². The van der Waals surface area contributed by atoms with Crippen LogP contribution in [0.5, 0.6) is 0 Å². The second-order valence-corrected chi connectivity index (χ2v) is 7.21. The summed E-state index contributed by atoms with van der Waals surface area (Å²) in [4.78, 5) is 11.7. The molecule has 0 aliphatic carbocycles. The van der Waals surface area contributed by atoms with Crippen molar-refractivity contribution < 1.29 is 4.52 Å². The summed E-state index contributed by atoms with van der Waals surface area (Å²) in [5, 5.41) is 7.36. The van der Waals surface area contributed by atoms with Crippen molar-refractivity contribution in [3.05, 3.63) is 47.4 Å². The first-order valence-electron chi connectivity index (χ1n) is 8.33. The minimum atomic E-state index is 0.163. The van der Waals surface area contributed by atoms with Gasteiger partial charge in [-0.15, -0.1) is 11.3 Å². The third kappa shape index (κ3) is 2.82. The maximum atomic E-state index is 5.39. The van der Waals surface area contributed by atoms with Crippen LogP contribution >= 0.6 is 11.3 Å². The van der Waals surface area contributed by atoms with Gasteiger partial charge in [-0.3, -0.25) is 0 Å². The van der Waals surface area contributed by atoms with E-state index in [1.54, 1.807) is 11.3 Å². The first-order valence-corrected chi connectivity index (χ1v) is 9.21. The molecule has 1 fully saturated rings. The van der Waals surface area contributed by atoms with Crippen molar-refractivity contribution in [2.45, 2.75) is 38.6 Å². The number of aromatic nitrogens is 3. The first kappa shape index (κ1) is 15.3. The number of hydrogen-bond acceptors (Lipinski definition) is 6. The zero-order valence-electron chi connectivity index (χ0n) is 13.8. The van der Waals surface area contributed by atoms with Crippen LogP contribution in [-0.4, -0.2) is 21.7 Å². The lowest BCUT2D eigenvalue weighted by Crippen LogP contribution is -2.23. The summed E-state index contributed by atoms with van der Waals surface area (Å²) >= 11 is 1.68. The van der Waals surface area contributed by atoms with Crippen LogP contribution in [0.2, 0.25) is 0 Å². The van der Waals surface area contributed by atoms with Crippen molar-refractivity contribution >= 4 is 16.5 Å². The molecule has 24 heavy (non-hydrogen) atoms.